The van der Waals surface area contributed by atoms with Crippen molar-refractivity contribution in [2.24, 2.45) is 5.73 Å². The number of allylic oxidation sites excluding steroid dienone is 1. The van der Waals surface area contributed by atoms with Gasteiger partial charge in [-0.25, -0.2) is 4.68 Å². The van der Waals surface area contributed by atoms with E-state index in [1.807, 2.05) is 35.7 Å². The summed E-state index contributed by atoms with van der Waals surface area (Å²) in [6, 6.07) is 10.7. The summed E-state index contributed by atoms with van der Waals surface area (Å²) >= 11 is 7.94. The van der Waals surface area contributed by atoms with Gasteiger partial charge in [0.25, 0.3) is 0 Å². The van der Waals surface area contributed by atoms with Gasteiger partial charge in [0.15, 0.2) is 5.82 Å². The molecule has 2 aromatic heterocycles. The summed E-state index contributed by atoms with van der Waals surface area (Å²) in [6.07, 6.45) is 0. The molecule has 0 spiro atoms. The first kappa shape index (κ1) is 15.9. The molecule has 126 valence electrons. The summed E-state index contributed by atoms with van der Waals surface area (Å²) in [5.74, 6) is 0.623. The van der Waals surface area contributed by atoms with E-state index in [4.69, 9.17) is 17.3 Å². The number of primary amides is 1. The first-order valence-corrected chi connectivity index (χ1v) is 8.84. The van der Waals surface area contributed by atoms with E-state index in [1.54, 1.807) is 29.0 Å². The first-order chi connectivity index (χ1) is 12.1. The summed E-state index contributed by atoms with van der Waals surface area (Å²) in [5.41, 5.74) is 7.47. The van der Waals surface area contributed by atoms with Crippen LogP contribution < -0.4 is 11.1 Å². The Morgan fingerprint density at radius 1 is 1.32 bits per heavy atom. The van der Waals surface area contributed by atoms with Gasteiger partial charge >= 0.3 is 0 Å². The molecule has 25 heavy (non-hydrogen) atoms. The zero-order valence-electron chi connectivity index (χ0n) is 13.2. The number of hydrogen-bond acceptors (Lipinski definition) is 5. The van der Waals surface area contributed by atoms with Crippen molar-refractivity contribution in [1.82, 2.24) is 14.8 Å². The number of halogens is 1. The molecular weight excluding hydrogens is 358 g/mol. The van der Waals surface area contributed by atoms with E-state index >= 15 is 0 Å². The van der Waals surface area contributed by atoms with Crippen LogP contribution in [-0.2, 0) is 4.79 Å². The van der Waals surface area contributed by atoms with Crippen LogP contribution >= 0.6 is 22.9 Å². The molecule has 1 atom stereocenters. The minimum absolute atomic E-state index is 0.420. The van der Waals surface area contributed by atoms with Gasteiger partial charge in [-0.1, -0.05) is 35.9 Å². The van der Waals surface area contributed by atoms with Crippen LogP contribution in [0.1, 0.15) is 18.5 Å². The predicted octanol–water partition coefficient (Wildman–Crippen LogP) is 3.43. The predicted molar refractivity (Wildman–Crippen MR) is 98.4 cm³/mol. The zero-order valence-corrected chi connectivity index (χ0v) is 14.8. The van der Waals surface area contributed by atoms with Crippen molar-refractivity contribution in [3.8, 4) is 10.7 Å². The molecule has 0 saturated carbocycles. The Morgan fingerprint density at radius 3 is 2.80 bits per heavy atom. The lowest BCUT2D eigenvalue weighted by Gasteiger charge is -2.28. The van der Waals surface area contributed by atoms with Crippen LogP contribution in [0.3, 0.4) is 0 Å². The summed E-state index contributed by atoms with van der Waals surface area (Å²) in [4.78, 5) is 17.6. The van der Waals surface area contributed by atoms with Gasteiger partial charge in [0.1, 0.15) is 6.04 Å². The lowest BCUT2D eigenvalue weighted by atomic mass is 9.95. The molecule has 0 unspecified atom stereocenters. The van der Waals surface area contributed by atoms with E-state index in [2.05, 4.69) is 15.4 Å². The molecule has 0 bridgehead atoms. The smallest absolute Gasteiger partial charge is 0.248 e. The fraction of sp³-hybridized carbons (Fsp3) is 0.118. The Hall–Kier alpha value is -2.64. The number of benzene rings is 1. The van der Waals surface area contributed by atoms with Crippen LogP contribution in [0.5, 0.6) is 0 Å². The van der Waals surface area contributed by atoms with E-state index in [1.165, 1.54) is 0 Å². The van der Waals surface area contributed by atoms with E-state index < -0.39 is 11.9 Å². The highest BCUT2D eigenvalue weighted by Crippen LogP contribution is 2.38. The van der Waals surface area contributed by atoms with Crippen molar-refractivity contribution >= 4 is 34.8 Å². The number of anilines is 1. The molecule has 1 aliphatic heterocycles. The highest BCUT2D eigenvalue weighted by molar-refractivity contribution is 7.13. The molecule has 0 aliphatic carbocycles. The Kier molecular flexibility index (Phi) is 3.82. The van der Waals surface area contributed by atoms with Crippen molar-refractivity contribution < 1.29 is 4.79 Å². The van der Waals surface area contributed by atoms with Gasteiger partial charge in [0, 0.05) is 16.3 Å². The second-order valence-electron chi connectivity index (χ2n) is 5.63. The van der Waals surface area contributed by atoms with E-state index in [9.17, 15) is 4.79 Å². The molecule has 4 rings (SSSR count). The topological polar surface area (TPSA) is 85.8 Å². The van der Waals surface area contributed by atoms with Gasteiger partial charge in [-0.15, -0.1) is 16.4 Å². The van der Waals surface area contributed by atoms with E-state index in [0.29, 0.717) is 28.1 Å². The molecule has 0 fully saturated rings. The Labute approximate surface area is 152 Å². The van der Waals surface area contributed by atoms with E-state index in [0.717, 1.165) is 10.4 Å². The lowest BCUT2D eigenvalue weighted by Crippen LogP contribution is -2.32. The number of thiophene rings is 1. The number of fused-ring (bicyclic) bond motifs is 1. The SMILES string of the molecule is CC1=C(C(N)=O)[C@H](c2ccccc2Cl)n2nc(-c3cccs3)nc2N1. The fourth-order valence-corrected chi connectivity index (χ4v) is 3.86. The minimum atomic E-state index is -0.524. The van der Waals surface area contributed by atoms with Crippen LogP contribution in [0.4, 0.5) is 5.95 Å². The van der Waals surface area contributed by atoms with Crippen molar-refractivity contribution in [3.63, 3.8) is 0 Å². The van der Waals surface area contributed by atoms with Gasteiger partial charge < -0.3 is 11.1 Å². The summed E-state index contributed by atoms with van der Waals surface area (Å²) in [7, 11) is 0. The van der Waals surface area contributed by atoms with Crippen molar-refractivity contribution in [3.05, 3.63) is 63.6 Å². The molecule has 1 aromatic carbocycles. The molecule has 3 aromatic rings. The molecule has 1 amide bonds. The number of carbonyl (C=O) groups excluding carboxylic acids is 1. The molecule has 1 aliphatic rings. The van der Waals surface area contributed by atoms with Crippen LogP contribution in [0, 0.1) is 0 Å². The number of amides is 1. The zero-order chi connectivity index (χ0) is 17.6. The maximum atomic E-state index is 12.1. The van der Waals surface area contributed by atoms with Crippen LogP contribution in [-0.4, -0.2) is 20.7 Å². The molecule has 0 radical (unpaired) electrons. The number of nitrogens with one attached hydrogen (secondary N) is 1. The summed E-state index contributed by atoms with van der Waals surface area (Å²) in [6.45, 7) is 1.80. The molecule has 6 nitrogen and oxygen atoms in total. The second kappa shape index (κ2) is 6.02. The molecule has 8 heteroatoms. The third kappa shape index (κ3) is 2.61. The summed E-state index contributed by atoms with van der Waals surface area (Å²) in [5, 5.41) is 10.2. The number of aromatic nitrogens is 3. The van der Waals surface area contributed by atoms with Crippen molar-refractivity contribution in [2.75, 3.05) is 5.32 Å². The van der Waals surface area contributed by atoms with Crippen LogP contribution in [0.15, 0.2) is 53.0 Å². The van der Waals surface area contributed by atoms with Crippen molar-refractivity contribution in [1.29, 1.82) is 0 Å². The van der Waals surface area contributed by atoms with E-state index in [-0.39, 0.29) is 0 Å². The highest BCUT2D eigenvalue weighted by Gasteiger charge is 2.34. The van der Waals surface area contributed by atoms with Gasteiger partial charge in [0.05, 0.1) is 10.5 Å². The van der Waals surface area contributed by atoms with Gasteiger partial charge in [-0.3, -0.25) is 4.79 Å². The number of rotatable bonds is 3. The second-order valence-corrected chi connectivity index (χ2v) is 6.99. The fourth-order valence-electron chi connectivity index (χ4n) is 2.96. The normalized spacial score (nSPS) is 16.5. The number of nitrogens with zero attached hydrogens (tertiary/aromatic N) is 3. The van der Waals surface area contributed by atoms with Gasteiger partial charge in [-0.2, -0.15) is 4.98 Å². The Bertz CT molecular complexity index is 992. The van der Waals surface area contributed by atoms with Gasteiger partial charge in [-0.05, 0) is 24.4 Å². The Morgan fingerprint density at radius 2 is 2.12 bits per heavy atom. The van der Waals surface area contributed by atoms with Crippen LogP contribution in [0.25, 0.3) is 10.7 Å². The average molecular weight is 372 g/mol. The molecule has 3 heterocycles. The average Bonchev–Trinajstić information content (AvgIpc) is 3.22. The third-order valence-corrected chi connectivity index (χ3v) is 5.27. The number of carbonyl (C=O) groups is 1. The molecule has 0 saturated heterocycles. The largest absolute Gasteiger partial charge is 0.366 e. The number of hydrogen-bond donors (Lipinski definition) is 2. The minimum Gasteiger partial charge on any atom is -0.366 e. The van der Waals surface area contributed by atoms with Crippen molar-refractivity contribution in [2.45, 2.75) is 13.0 Å². The summed E-state index contributed by atoms with van der Waals surface area (Å²) < 4.78 is 1.67. The maximum Gasteiger partial charge on any atom is 0.248 e. The van der Waals surface area contributed by atoms with Gasteiger partial charge in [0.2, 0.25) is 11.9 Å². The Balaban J connectivity index is 1.93. The van der Waals surface area contributed by atoms with Crippen LogP contribution in [0.2, 0.25) is 5.02 Å². The highest BCUT2D eigenvalue weighted by atomic mass is 35.5. The quantitative estimate of drug-likeness (QED) is 0.738. The molecule has 3 N–H and O–H groups in total. The third-order valence-electron chi connectivity index (χ3n) is 4.06. The number of nitrogens with two attached hydrogens (primary N) is 1. The lowest BCUT2D eigenvalue weighted by molar-refractivity contribution is -0.115. The molecular formula is C17H14ClN5OS. The first-order valence-electron chi connectivity index (χ1n) is 7.58. The monoisotopic (exact) mass is 371 g/mol. The standard InChI is InChI=1S/C17H14ClN5OS/c1-9-13(15(19)24)14(10-5-2-3-6-11(10)18)23-17(20-9)21-16(22-23)12-7-4-8-25-12/h2-8,14H,1H3,(H2,19,24)(H,20,21,22)/t14-/m0/s1. The maximum absolute atomic E-state index is 12.1.